The van der Waals surface area contributed by atoms with E-state index in [2.05, 4.69) is 35.2 Å². The lowest BCUT2D eigenvalue weighted by atomic mass is 9.92. The van der Waals surface area contributed by atoms with E-state index in [-0.39, 0.29) is 0 Å². The Morgan fingerprint density at radius 3 is 2.78 bits per heavy atom. The van der Waals surface area contributed by atoms with Gasteiger partial charge in [0.2, 0.25) is 0 Å². The fourth-order valence-corrected chi connectivity index (χ4v) is 3.63. The molecular formula is C18H21N3O2. The zero-order valence-electron chi connectivity index (χ0n) is 13.2. The highest BCUT2D eigenvalue weighted by Crippen LogP contribution is 2.39. The van der Waals surface area contributed by atoms with Crippen molar-refractivity contribution < 1.29 is 10.2 Å². The van der Waals surface area contributed by atoms with Gasteiger partial charge >= 0.3 is 0 Å². The minimum atomic E-state index is -1.52. The average Bonchev–Trinajstić information content (AvgIpc) is 3.11. The minimum absolute atomic E-state index is 0.403. The Labute approximate surface area is 134 Å². The molecule has 5 nitrogen and oxygen atoms in total. The molecule has 0 aliphatic heterocycles. The van der Waals surface area contributed by atoms with E-state index in [0.717, 1.165) is 54.7 Å². The van der Waals surface area contributed by atoms with Gasteiger partial charge in [-0.1, -0.05) is 31.5 Å². The Hall–Kier alpha value is -2.11. The third-order valence-corrected chi connectivity index (χ3v) is 4.73. The highest BCUT2D eigenvalue weighted by molar-refractivity contribution is 5.91. The van der Waals surface area contributed by atoms with E-state index in [9.17, 15) is 10.2 Å². The zero-order chi connectivity index (χ0) is 16.0. The molecule has 3 N–H and O–H groups in total. The second-order valence-corrected chi connectivity index (χ2v) is 6.19. The zero-order valence-corrected chi connectivity index (χ0v) is 13.2. The van der Waals surface area contributed by atoms with Crippen LogP contribution in [0.4, 0.5) is 0 Å². The molecule has 0 amide bonds. The number of fused-ring (bicyclic) bond motifs is 5. The van der Waals surface area contributed by atoms with Crippen LogP contribution < -0.4 is 0 Å². The highest BCUT2D eigenvalue weighted by Gasteiger charge is 2.29. The normalized spacial score (nSPS) is 13.6. The Balaban J connectivity index is 1.94. The molecule has 23 heavy (non-hydrogen) atoms. The molecule has 0 saturated heterocycles. The van der Waals surface area contributed by atoms with Gasteiger partial charge in [0.1, 0.15) is 5.69 Å². The molecule has 4 rings (SSSR count). The molecule has 0 radical (unpaired) electrons. The third kappa shape index (κ3) is 2.19. The lowest BCUT2D eigenvalue weighted by Gasteiger charge is -2.16. The molecule has 5 heteroatoms. The summed E-state index contributed by atoms with van der Waals surface area (Å²) in [6.07, 6.45) is 2.27. The summed E-state index contributed by atoms with van der Waals surface area (Å²) < 4.78 is 1.95. The van der Waals surface area contributed by atoms with Gasteiger partial charge in [-0.25, -0.2) is 0 Å². The molecule has 3 aromatic rings. The van der Waals surface area contributed by atoms with Crippen molar-refractivity contribution in [3.05, 3.63) is 41.1 Å². The van der Waals surface area contributed by atoms with Gasteiger partial charge in [-0.15, -0.1) is 0 Å². The Morgan fingerprint density at radius 1 is 1.22 bits per heavy atom. The molecule has 0 bridgehead atoms. The summed E-state index contributed by atoms with van der Waals surface area (Å²) in [5, 5.41) is 25.1. The maximum Gasteiger partial charge on any atom is 0.198 e. The first-order chi connectivity index (χ1) is 11.2. The Kier molecular flexibility index (Phi) is 3.47. The van der Waals surface area contributed by atoms with Crippen LogP contribution in [-0.2, 0) is 19.4 Å². The number of hydrogen-bond acceptors (Lipinski definition) is 3. The van der Waals surface area contributed by atoms with Gasteiger partial charge in [-0.3, -0.25) is 4.68 Å². The second kappa shape index (κ2) is 5.51. The van der Waals surface area contributed by atoms with Crippen LogP contribution in [0.15, 0.2) is 24.3 Å². The third-order valence-electron chi connectivity index (χ3n) is 4.73. The molecule has 2 aromatic heterocycles. The molecule has 0 saturated carbocycles. The van der Waals surface area contributed by atoms with E-state index in [1.165, 1.54) is 10.9 Å². The molecule has 2 heterocycles. The van der Waals surface area contributed by atoms with E-state index in [1.54, 1.807) is 0 Å². The van der Waals surface area contributed by atoms with Gasteiger partial charge in [0.25, 0.3) is 0 Å². The quantitative estimate of drug-likeness (QED) is 0.649. The fourth-order valence-electron chi connectivity index (χ4n) is 3.63. The number of nitrogens with one attached hydrogen (secondary N) is 1. The predicted octanol–water partition coefficient (Wildman–Crippen LogP) is 2.91. The average molecular weight is 311 g/mol. The number of nitrogens with zero attached hydrogens (tertiary/aromatic N) is 2. The van der Waals surface area contributed by atoms with E-state index < -0.39 is 6.29 Å². The first-order valence-electron chi connectivity index (χ1n) is 8.26. The summed E-state index contributed by atoms with van der Waals surface area (Å²) in [5.74, 6) is 0. The van der Waals surface area contributed by atoms with Crippen LogP contribution in [0.25, 0.3) is 22.3 Å². The van der Waals surface area contributed by atoms with Crippen molar-refractivity contribution in [2.75, 3.05) is 0 Å². The van der Waals surface area contributed by atoms with Crippen LogP contribution in [0.5, 0.6) is 0 Å². The summed E-state index contributed by atoms with van der Waals surface area (Å²) in [5.41, 5.74) is 5.92. The van der Waals surface area contributed by atoms with Gasteiger partial charge < -0.3 is 15.2 Å². The number of hydrogen-bond donors (Lipinski definition) is 3. The second-order valence-electron chi connectivity index (χ2n) is 6.19. The molecule has 1 aromatic carbocycles. The van der Waals surface area contributed by atoms with E-state index in [0.29, 0.717) is 5.69 Å². The van der Waals surface area contributed by atoms with E-state index in [4.69, 9.17) is 0 Å². The number of rotatable bonds is 4. The monoisotopic (exact) mass is 311 g/mol. The summed E-state index contributed by atoms with van der Waals surface area (Å²) in [6, 6.07) is 8.32. The van der Waals surface area contributed by atoms with E-state index in [1.807, 2.05) is 10.7 Å². The van der Waals surface area contributed by atoms with Crippen molar-refractivity contribution in [1.82, 2.24) is 14.8 Å². The number of para-hydroxylation sites is 1. The summed E-state index contributed by atoms with van der Waals surface area (Å²) >= 11 is 0. The van der Waals surface area contributed by atoms with Crippen molar-refractivity contribution in [2.45, 2.75) is 45.4 Å². The van der Waals surface area contributed by atoms with Gasteiger partial charge in [0.15, 0.2) is 6.29 Å². The highest BCUT2D eigenvalue weighted by atomic mass is 16.5. The number of unbranched alkanes of at least 4 members (excludes halogenated alkanes) is 1. The number of H-pyrrole nitrogens is 1. The van der Waals surface area contributed by atoms with Gasteiger partial charge in [-0.05, 0) is 30.9 Å². The smallest absolute Gasteiger partial charge is 0.198 e. The molecular weight excluding hydrogens is 290 g/mol. The first kappa shape index (κ1) is 14.5. The van der Waals surface area contributed by atoms with Crippen molar-refractivity contribution in [3.63, 3.8) is 0 Å². The van der Waals surface area contributed by atoms with Crippen molar-refractivity contribution in [1.29, 1.82) is 0 Å². The van der Waals surface area contributed by atoms with Gasteiger partial charge in [-0.2, -0.15) is 5.10 Å². The number of aryl methyl sites for hydroxylation is 2. The maximum absolute atomic E-state index is 9.68. The predicted molar refractivity (Wildman–Crippen MR) is 89.0 cm³/mol. The topological polar surface area (TPSA) is 74.1 Å². The van der Waals surface area contributed by atoms with Crippen LogP contribution in [0.2, 0.25) is 0 Å². The fraction of sp³-hybridized carbons (Fsp3) is 0.389. The van der Waals surface area contributed by atoms with Crippen LogP contribution >= 0.6 is 0 Å². The number of benzene rings is 1. The molecule has 1 aliphatic carbocycles. The largest absolute Gasteiger partial charge is 0.363 e. The number of aromatic amines is 1. The van der Waals surface area contributed by atoms with Gasteiger partial charge in [0, 0.05) is 23.0 Å². The van der Waals surface area contributed by atoms with E-state index >= 15 is 0 Å². The number of aromatic nitrogens is 3. The summed E-state index contributed by atoms with van der Waals surface area (Å²) in [6.45, 7) is 2.94. The van der Waals surface area contributed by atoms with Crippen LogP contribution in [0.1, 0.15) is 42.9 Å². The van der Waals surface area contributed by atoms with Crippen LogP contribution in [0.3, 0.4) is 0 Å². The number of aliphatic hydroxyl groups excluding tert-OH is 1. The minimum Gasteiger partial charge on any atom is -0.363 e. The van der Waals surface area contributed by atoms with Crippen LogP contribution in [-0.4, -0.2) is 25.0 Å². The Bertz CT molecular complexity index is 861. The van der Waals surface area contributed by atoms with Crippen molar-refractivity contribution >= 4 is 10.9 Å². The maximum atomic E-state index is 9.68. The summed E-state index contributed by atoms with van der Waals surface area (Å²) in [7, 11) is 0. The van der Waals surface area contributed by atoms with Crippen molar-refractivity contribution in [3.8, 4) is 11.4 Å². The first-order valence-corrected chi connectivity index (χ1v) is 8.26. The number of aliphatic hydroxyl groups is 2. The molecule has 120 valence electrons. The lowest BCUT2D eigenvalue weighted by Crippen LogP contribution is -2.08. The molecule has 0 unspecified atom stereocenters. The van der Waals surface area contributed by atoms with Crippen molar-refractivity contribution in [2.24, 2.45) is 0 Å². The SMILES string of the molecule is CCCCn1nc(C(O)O)c2c1-c1[nH]c3ccccc3c1CC2. The van der Waals surface area contributed by atoms with Gasteiger partial charge in [0.05, 0.1) is 11.4 Å². The standard InChI is InChI=1S/C18H21N3O2/c1-2-3-10-21-17-13(16(20-21)18(22)23)9-8-12-11-6-4-5-7-14(11)19-15(12)17/h4-7,18-19,22-23H,2-3,8-10H2,1H3. The molecule has 0 spiro atoms. The molecule has 0 atom stereocenters. The summed E-state index contributed by atoms with van der Waals surface area (Å²) in [4.78, 5) is 3.52. The lowest BCUT2D eigenvalue weighted by molar-refractivity contribution is -0.0468. The van der Waals surface area contributed by atoms with Crippen LogP contribution in [0, 0.1) is 0 Å². The molecule has 1 aliphatic rings. The Morgan fingerprint density at radius 2 is 2.00 bits per heavy atom. The molecule has 0 fully saturated rings.